The normalized spacial score (nSPS) is 14.0. The number of carbonyl (C=O) groups is 1. The molecule has 1 aliphatic heterocycles. The summed E-state index contributed by atoms with van der Waals surface area (Å²) in [5.74, 6) is 1.12. The maximum atomic E-state index is 12.9. The molecule has 9 nitrogen and oxygen atoms in total. The van der Waals surface area contributed by atoms with Gasteiger partial charge < -0.3 is 10.5 Å². The number of carbonyl (C=O) groups excluding carboxylic acids is 1. The number of nitrogens with two attached hydrogens (primary N) is 1. The van der Waals surface area contributed by atoms with Gasteiger partial charge in [-0.15, -0.1) is 0 Å². The van der Waals surface area contributed by atoms with Gasteiger partial charge in [0.05, 0.1) is 34.0 Å². The molecular formula is C23H22F3N7O2S2. The minimum absolute atomic E-state index is 0.0646. The summed E-state index contributed by atoms with van der Waals surface area (Å²) < 4.78 is 44.7. The van der Waals surface area contributed by atoms with Crippen LogP contribution in [-0.4, -0.2) is 54.1 Å². The lowest BCUT2D eigenvalue weighted by Crippen LogP contribution is -2.21. The predicted molar refractivity (Wildman–Crippen MR) is 139 cm³/mol. The Balaban J connectivity index is 1.69. The minimum atomic E-state index is -4.53. The first-order valence-electron chi connectivity index (χ1n) is 10.7. The van der Waals surface area contributed by atoms with Crippen molar-refractivity contribution in [3.05, 3.63) is 63.7 Å². The molecule has 0 unspecified atom stereocenters. The molecule has 0 saturated carbocycles. The summed E-state index contributed by atoms with van der Waals surface area (Å²) in [6.45, 7) is 0.688. The van der Waals surface area contributed by atoms with E-state index in [1.165, 1.54) is 34.1 Å². The summed E-state index contributed by atoms with van der Waals surface area (Å²) in [4.78, 5) is 16.5. The van der Waals surface area contributed by atoms with E-state index in [-0.39, 0.29) is 11.3 Å². The Morgan fingerprint density at radius 3 is 2.81 bits per heavy atom. The van der Waals surface area contributed by atoms with E-state index >= 15 is 0 Å². The Morgan fingerprint density at radius 2 is 2.14 bits per heavy atom. The number of ether oxygens (including phenoxy) is 1. The number of nitriles is 1. The van der Waals surface area contributed by atoms with E-state index in [4.69, 9.17) is 10.5 Å². The molecule has 0 atom stereocenters. The number of allylic oxidation sites excluding steroid dienone is 2. The van der Waals surface area contributed by atoms with Crippen LogP contribution in [0.1, 0.15) is 16.7 Å². The fourth-order valence-electron chi connectivity index (χ4n) is 2.94. The van der Waals surface area contributed by atoms with Crippen LogP contribution in [0.25, 0.3) is 0 Å². The van der Waals surface area contributed by atoms with Crippen LogP contribution in [0.3, 0.4) is 0 Å². The highest BCUT2D eigenvalue weighted by atomic mass is 32.2. The third kappa shape index (κ3) is 7.48. The van der Waals surface area contributed by atoms with Crippen LogP contribution in [0.2, 0.25) is 0 Å². The van der Waals surface area contributed by atoms with Crippen LogP contribution in [0.4, 0.5) is 19.0 Å². The number of rotatable bonds is 9. The molecule has 1 aromatic heterocycles. The lowest BCUT2D eigenvalue weighted by atomic mass is 10.1. The number of halogens is 3. The molecule has 1 aromatic carbocycles. The number of nitrogens with zero attached hydrogens (tertiary/aromatic N) is 6. The maximum absolute atomic E-state index is 12.9. The SMILES string of the molecule is CN1N=C(SCc2ccc(C(F)(F)F)cc2C#N)SC(C=O)=C1/C=N\N(C)c1cccc(OCCN)n1. The van der Waals surface area contributed by atoms with E-state index in [1.807, 2.05) is 6.07 Å². The van der Waals surface area contributed by atoms with Crippen LogP contribution >= 0.6 is 23.5 Å². The number of pyridine rings is 1. The van der Waals surface area contributed by atoms with E-state index in [0.717, 1.165) is 23.9 Å². The highest BCUT2D eigenvalue weighted by molar-refractivity contribution is 8.40. The van der Waals surface area contributed by atoms with E-state index in [1.54, 1.807) is 32.3 Å². The van der Waals surface area contributed by atoms with Crippen LogP contribution in [0.5, 0.6) is 5.88 Å². The van der Waals surface area contributed by atoms with Crippen molar-refractivity contribution >= 4 is 46.2 Å². The Kier molecular flexibility index (Phi) is 9.56. The van der Waals surface area contributed by atoms with E-state index in [9.17, 15) is 23.2 Å². The average Bonchev–Trinajstić information content (AvgIpc) is 2.89. The van der Waals surface area contributed by atoms with Gasteiger partial charge >= 0.3 is 6.18 Å². The standard InChI is InChI=1S/C23H22F3N7O2S2/c1-32-18(12-29-33(2)20-4-3-5-21(30-20)35-9-8-27)19(13-34)37-22(31-32)36-14-15-6-7-17(23(24,25)26)10-16(15)11-28/h3-7,10,12-13H,8-9,14,27H2,1-2H3/b29-12-. The quantitative estimate of drug-likeness (QED) is 0.281. The fourth-order valence-corrected chi connectivity index (χ4v) is 5.02. The number of benzene rings is 1. The molecule has 0 fully saturated rings. The van der Waals surface area contributed by atoms with Gasteiger partial charge in [0, 0.05) is 32.5 Å². The molecule has 3 rings (SSSR count). The second kappa shape index (κ2) is 12.6. The number of hydrogen-bond donors (Lipinski definition) is 1. The summed E-state index contributed by atoms with van der Waals surface area (Å²) in [7, 11) is 3.33. The highest BCUT2D eigenvalue weighted by Gasteiger charge is 2.31. The summed E-state index contributed by atoms with van der Waals surface area (Å²) in [6, 6.07) is 10.1. The zero-order valence-electron chi connectivity index (χ0n) is 19.8. The summed E-state index contributed by atoms with van der Waals surface area (Å²) in [6.07, 6.45) is -2.38. The van der Waals surface area contributed by atoms with Crippen LogP contribution in [-0.2, 0) is 16.7 Å². The van der Waals surface area contributed by atoms with Gasteiger partial charge in [0.2, 0.25) is 5.88 Å². The lowest BCUT2D eigenvalue weighted by molar-refractivity contribution is -0.137. The molecule has 0 radical (unpaired) electrons. The largest absolute Gasteiger partial charge is 0.476 e. The van der Waals surface area contributed by atoms with E-state index in [0.29, 0.717) is 51.7 Å². The van der Waals surface area contributed by atoms with Crippen molar-refractivity contribution < 1.29 is 22.7 Å². The molecule has 2 heterocycles. The smallest absolute Gasteiger partial charge is 0.416 e. The number of alkyl halides is 3. The van der Waals surface area contributed by atoms with Gasteiger partial charge in [0.15, 0.2) is 16.5 Å². The average molecular weight is 550 g/mol. The molecule has 2 aromatic rings. The lowest BCUT2D eigenvalue weighted by Gasteiger charge is -2.23. The predicted octanol–water partition coefficient (Wildman–Crippen LogP) is 4.03. The number of hydrazone groups is 2. The second-order valence-electron chi connectivity index (χ2n) is 7.37. The second-order valence-corrected chi connectivity index (χ2v) is 9.62. The van der Waals surface area contributed by atoms with Crippen molar-refractivity contribution in [2.75, 3.05) is 32.3 Å². The molecule has 0 bridgehead atoms. The van der Waals surface area contributed by atoms with Gasteiger partial charge in [0.1, 0.15) is 6.61 Å². The monoisotopic (exact) mass is 549 g/mol. The maximum Gasteiger partial charge on any atom is 0.416 e. The number of aromatic nitrogens is 1. The van der Waals surface area contributed by atoms with Crippen molar-refractivity contribution in [1.82, 2.24) is 9.99 Å². The van der Waals surface area contributed by atoms with Crippen molar-refractivity contribution in [2.24, 2.45) is 15.9 Å². The van der Waals surface area contributed by atoms with Crippen LogP contribution in [0.15, 0.2) is 57.2 Å². The van der Waals surface area contributed by atoms with Gasteiger partial charge in [0.25, 0.3) is 0 Å². The first-order chi connectivity index (χ1) is 17.7. The third-order valence-corrected chi connectivity index (χ3v) is 6.98. The van der Waals surface area contributed by atoms with Gasteiger partial charge in [-0.3, -0.25) is 14.8 Å². The number of hydrogen-bond acceptors (Lipinski definition) is 11. The number of thioether (sulfide) groups is 2. The molecule has 0 spiro atoms. The van der Waals surface area contributed by atoms with Crippen molar-refractivity contribution in [3.8, 4) is 11.9 Å². The zero-order valence-corrected chi connectivity index (χ0v) is 21.4. The summed E-state index contributed by atoms with van der Waals surface area (Å²) >= 11 is 2.31. The minimum Gasteiger partial charge on any atom is -0.476 e. The zero-order chi connectivity index (χ0) is 27.0. The molecule has 37 heavy (non-hydrogen) atoms. The first-order valence-corrected chi connectivity index (χ1v) is 12.5. The number of anilines is 1. The number of aldehydes is 1. The Morgan fingerprint density at radius 1 is 1.35 bits per heavy atom. The van der Waals surface area contributed by atoms with Gasteiger partial charge in [-0.05, 0) is 23.8 Å². The first kappa shape index (κ1) is 28.0. The van der Waals surface area contributed by atoms with Gasteiger partial charge in [-0.2, -0.15) is 33.6 Å². The molecular weight excluding hydrogens is 527 g/mol. The Bertz CT molecular complexity index is 1280. The fraction of sp³-hybridized carbons (Fsp3) is 0.261. The molecule has 14 heteroatoms. The van der Waals surface area contributed by atoms with E-state index in [2.05, 4.69) is 15.2 Å². The van der Waals surface area contributed by atoms with Crippen LogP contribution in [0, 0.1) is 11.3 Å². The molecule has 2 N–H and O–H groups in total. The van der Waals surface area contributed by atoms with Gasteiger partial charge in [-0.1, -0.05) is 35.7 Å². The molecule has 0 amide bonds. The Hall–Kier alpha value is -3.54. The Labute approximate surface area is 219 Å². The summed E-state index contributed by atoms with van der Waals surface area (Å²) in [5, 5.41) is 21.0. The molecule has 0 aliphatic carbocycles. The van der Waals surface area contributed by atoms with Crippen LogP contribution < -0.4 is 15.5 Å². The third-order valence-electron chi connectivity index (χ3n) is 4.81. The topological polar surface area (TPSA) is 120 Å². The van der Waals surface area contributed by atoms with Crippen molar-refractivity contribution in [2.45, 2.75) is 11.9 Å². The van der Waals surface area contributed by atoms with Crippen molar-refractivity contribution in [3.63, 3.8) is 0 Å². The molecule has 0 saturated heterocycles. The van der Waals surface area contributed by atoms with Crippen molar-refractivity contribution in [1.29, 1.82) is 5.26 Å². The van der Waals surface area contributed by atoms with Gasteiger partial charge in [-0.25, -0.2) is 0 Å². The highest BCUT2D eigenvalue weighted by Crippen LogP contribution is 2.35. The molecule has 1 aliphatic rings. The summed E-state index contributed by atoms with van der Waals surface area (Å²) in [5.41, 5.74) is 5.37. The van der Waals surface area contributed by atoms with E-state index < -0.39 is 11.7 Å². The molecule has 194 valence electrons.